The van der Waals surface area contributed by atoms with E-state index in [1.54, 1.807) is 0 Å². The van der Waals surface area contributed by atoms with Gasteiger partial charge in [0, 0.05) is 12.4 Å². The number of amides is 1. The van der Waals surface area contributed by atoms with Crippen LogP contribution >= 0.6 is 0 Å². The maximum atomic E-state index is 12.3. The quantitative estimate of drug-likeness (QED) is 0.761. The Morgan fingerprint density at radius 2 is 1.64 bits per heavy atom. The van der Waals surface area contributed by atoms with Gasteiger partial charge >= 0.3 is 0 Å². The first-order valence-corrected chi connectivity index (χ1v) is 9.50. The summed E-state index contributed by atoms with van der Waals surface area (Å²) < 4.78 is 5.50. The van der Waals surface area contributed by atoms with Crippen LogP contribution in [-0.4, -0.2) is 18.5 Å². The average molecular weight is 382 g/mol. The zero-order valence-corrected chi connectivity index (χ0v) is 17.0. The average Bonchev–Trinajstić information content (AvgIpc) is 2.65. The van der Waals surface area contributed by atoms with Crippen LogP contribution in [0.5, 0.6) is 5.75 Å². The van der Waals surface area contributed by atoms with E-state index < -0.39 is 12.0 Å². The van der Waals surface area contributed by atoms with E-state index in [1.165, 1.54) is 5.56 Å². The van der Waals surface area contributed by atoms with Gasteiger partial charge in [-0.05, 0) is 40.7 Å². The molecular formula is C23H28NO4-. The highest BCUT2D eigenvalue weighted by atomic mass is 16.5. The third kappa shape index (κ3) is 6.41. The molecule has 2 aromatic rings. The molecule has 0 aliphatic rings. The Morgan fingerprint density at radius 1 is 1.04 bits per heavy atom. The summed E-state index contributed by atoms with van der Waals surface area (Å²) in [7, 11) is 0. The lowest BCUT2D eigenvalue weighted by Crippen LogP contribution is -2.36. The molecule has 0 aliphatic heterocycles. The van der Waals surface area contributed by atoms with Crippen molar-refractivity contribution >= 4 is 11.9 Å². The highest BCUT2D eigenvalue weighted by Gasteiger charge is 2.18. The van der Waals surface area contributed by atoms with E-state index in [0.717, 1.165) is 17.5 Å². The zero-order chi connectivity index (χ0) is 20.7. The molecule has 0 radical (unpaired) electrons. The van der Waals surface area contributed by atoms with E-state index in [2.05, 4.69) is 33.0 Å². The number of aryl methyl sites for hydroxylation is 1. The number of carboxylic acids is 1. The number of aliphatic carboxylic acids is 1. The first-order chi connectivity index (χ1) is 13.2. The van der Waals surface area contributed by atoms with Crippen molar-refractivity contribution in [3.8, 4) is 5.75 Å². The number of carbonyl (C=O) groups excluding carboxylic acids is 2. The third-order valence-electron chi connectivity index (χ3n) is 4.59. The summed E-state index contributed by atoms with van der Waals surface area (Å²) in [6, 6.07) is 14.5. The molecule has 28 heavy (non-hydrogen) atoms. The zero-order valence-electron chi connectivity index (χ0n) is 17.0. The number of carboxylic acid groups (broad SMARTS) is 1. The highest BCUT2D eigenvalue weighted by molar-refractivity contribution is 5.79. The summed E-state index contributed by atoms with van der Waals surface area (Å²) in [5, 5.41) is 13.9. The van der Waals surface area contributed by atoms with Gasteiger partial charge in [-0.1, -0.05) is 64.1 Å². The topological polar surface area (TPSA) is 78.5 Å². The van der Waals surface area contributed by atoms with Gasteiger partial charge < -0.3 is 20.0 Å². The molecule has 1 atom stereocenters. The molecule has 2 aromatic carbocycles. The van der Waals surface area contributed by atoms with Crippen molar-refractivity contribution in [3.05, 3.63) is 65.2 Å². The van der Waals surface area contributed by atoms with E-state index in [-0.39, 0.29) is 24.3 Å². The normalized spacial score (nSPS) is 12.3. The van der Waals surface area contributed by atoms with Crippen LogP contribution in [0, 0.1) is 0 Å². The van der Waals surface area contributed by atoms with E-state index in [0.29, 0.717) is 5.75 Å². The minimum absolute atomic E-state index is 0.00715. The fourth-order valence-electron chi connectivity index (χ4n) is 2.84. The van der Waals surface area contributed by atoms with Gasteiger partial charge in [0.05, 0.1) is 6.04 Å². The summed E-state index contributed by atoms with van der Waals surface area (Å²) in [4.78, 5) is 23.4. The summed E-state index contributed by atoms with van der Waals surface area (Å²) in [5.41, 5.74) is 3.03. The van der Waals surface area contributed by atoms with Crippen LogP contribution in [0.3, 0.4) is 0 Å². The number of benzene rings is 2. The fourth-order valence-corrected chi connectivity index (χ4v) is 2.84. The van der Waals surface area contributed by atoms with Crippen LogP contribution in [0.1, 0.15) is 56.8 Å². The minimum atomic E-state index is -1.22. The lowest BCUT2D eigenvalue weighted by molar-refractivity contribution is -0.306. The second-order valence-corrected chi connectivity index (χ2v) is 7.85. The van der Waals surface area contributed by atoms with Crippen molar-refractivity contribution in [2.24, 2.45) is 0 Å². The molecule has 150 valence electrons. The van der Waals surface area contributed by atoms with Gasteiger partial charge in [-0.15, -0.1) is 0 Å². The molecule has 0 unspecified atom stereocenters. The maximum absolute atomic E-state index is 12.3. The largest absolute Gasteiger partial charge is 0.550 e. The molecule has 0 heterocycles. The lowest BCUT2D eigenvalue weighted by Gasteiger charge is -2.23. The summed E-state index contributed by atoms with van der Waals surface area (Å²) in [6.07, 6.45) is 0.630. The van der Waals surface area contributed by atoms with Crippen LogP contribution in [-0.2, 0) is 21.4 Å². The summed E-state index contributed by atoms with van der Waals surface area (Å²) in [5.74, 6) is -1.01. The van der Waals surface area contributed by atoms with Crippen LogP contribution in [0.2, 0.25) is 0 Å². The van der Waals surface area contributed by atoms with E-state index in [9.17, 15) is 14.7 Å². The van der Waals surface area contributed by atoms with Gasteiger partial charge in [0.2, 0.25) is 0 Å². The number of rotatable bonds is 8. The van der Waals surface area contributed by atoms with Gasteiger partial charge in [0.1, 0.15) is 5.75 Å². The molecule has 0 aliphatic carbocycles. The number of nitrogens with one attached hydrogen (secondary N) is 1. The van der Waals surface area contributed by atoms with Gasteiger partial charge in [-0.25, -0.2) is 0 Å². The molecule has 0 saturated heterocycles. The van der Waals surface area contributed by atoms with Gasteiger partial charge in [-0.3, -0.25) is 4.79 Å². The van der Waals surface area contributed by atoms with Crippen molar-refractivity contribution in [2.45, 2.75) is 52.0 Å². The predicted molar refractivity (Wildman–Crippen MR) is 107 cm³/mol. The first-order valence-electron chi connectivity index (χ1n) is 9.50. The minimum Gasteiger partial charge on any atom is -0.550 e. The number of hydrogen-bond donors (Lipinski definition) is 1. The van der Waals surface area contributed by atoms with Crippen molar-refractivity contribution in [1.82, 2.24) is 5.32 Å². The van der Waals surface area contributed by atoms with Crippen LogP contribution < -0.4 is 15.2 Å². The molecule has 1 N–H and O–H groups in total. The predicted octanol–water partition coefficient (Wildman–Crippen LogP) is 2.92. The van der Waals surface area contributed by atoms with Crippen LogP contribution in [0.15, 0.2) is 48.5 Å². The number of hydrogen-bond acceptors (Lipinski definition) is 4. The molecule has 5 heteroatoms. The number of carbonyl (C=O) groups is 2. The van der Waals surface area contributed by atoms with E-state index in [1.807, 2.05) is 48.5 Å². The summed E-state index contributed by atoms with van der Waals surface area (Å²) >= 11 is 0. The molecule has 0 aromatic heterocycles. The molecule has 2 rings (SSSR count). The molecular weight excluding hydrogens is 354 g/mol. The molecule has 5 nitrogen and oxygen atoms in total. The first kappa shape index (κ1) is 21.5. The highest BCUT2D eigenvalue weighted by Crippen LogP contribution is 2.25. The lowest BCUT2D eigenvalue weighted by atomic mass is 9.86. The Bertz CT molecular complexity index is 789. The Labute approximate surface area is 166 Å². The van der Waals surface area contributed by atoms with Gasteiger partial charge in [0.15, 0.2) is 6.61 Å². The molecule has 1 amide bonds. The molecule has 0 bridgehead atoms. The Kier molecular flexibility index (Phi) is 7.21. The molecule has 0 saturated carbocycles. The van der Waals surface area contributed by atoms with Gasteiger partial charge in [0.25, 0.3) is 5.91 Å². The molecule has 0 fully saturated rings. The van der Waals surface area contributed by atoms with Crippen molar-refractivity contribution in [1.29, 1.82) is 0 Å². The summed E-state index contributed by atoms with van der Waals surface area (Å²) in [6.45, 7) is 8.19. The van der Waals surface area contributed by atoms with Crippen molar-refractivity contribution in [3.63, 3.8) is 0 Å². The standard InChI is InChI=1S/C23H29NO4/c1-5-16-6-12-19(13-7-16)28-15-21(25)24-20(14-22(26)27)17-8-10-18(11-9-17)23(2,3)4/h6-13,20H,5,14-15H2,1-4H3,(H,24,25)(H,26,27)/p-1/t20-/m1/s1. The maximum Gasteiger partial charge on any atom is 0.258 e. The Hall–Kier alpha value is -2.82. The third-order valence-corrected chi connectivity index (χ3v) is 4.59. The van der Waals surface area contributed by atoms with Crippen molar-refractivity contribution < 1.29 is 19.4 Å². The van der Waals surface area contributed by atoms with Crippen molar-refractivity contribution in [2.75, 3.05) is 6.61 Å². The Morgan fingerprint density at radius 3 is 2.14 bits per heavy atom. The number of ether oxygens (including phenoxy) is 1. The second kappa shape index (κ2) is 9.40. The van der Waals surface area contributed by atoms with E-state index in [4.69, 9.17) is 4.74 Å². The molecule has 0 spiro atoms. The smallest absolute Gasteiger partial charge is 0.258 e. The fraction of sp³-hybridized carbons (Fsp3) is 0.391. The SMILES string of the molecule is CCc1ccc(OCC(=O)N[C@H](CC(=O)[O-])c2ccc(C(C)(C)C)cc2)cc1. The monoisotopic (exact) mass is 382 g/mol. The van der Waals surface area contributed by atoms with Gasteiger partial charge in [-0.2, -0.15) is 0 Å². The van der Waals surface area contributed by atoms with E-state index >= 15 is 0 Å². The van der Waals surface area contributed by atoms with Crippen LogP contribution in [0.25, 0.3) is 0 Å². The van der Waals surface area contributed by atoms with Crippen LogP contribution in [0.4, 0.5) is 0 Å². The second-order valence-electron chi connectivity index (χ2n) is 7.85. The Balaban J connectivity index is 2.02.